The summed E-state index contributed by atoms with van der Waals surface area (Å²) in [7, 11) is 0. The molecule has 0 saturated heterocycles. The molecule has 60 valence electrons. The Morgan fingerprint density at radius 2 is 2.18 bits per heavy atom. The number of aryl methyl sites for hydroxylation is 1. The predicted molar refractivity (Wildman–Crippen MR) is 46.6 cm³/mol. The highest BCUT2D eigenvalue weighted by Gasteiger charge is 1.97. The third-order valence-corrected chi connectivity index (χ3v) is 1.61. The molecule has 1 rings (SSSR count). The number of rotatable bonds is 2. The number of hydrogen-bond acceptors (Lipinski definition) is 1. The molecule has 11 heavy (non-hydrogen) atoms. The van der Waals surface area contributed by atoms with Gasteiger partial charge in [0.2, 0.25) is 0 Å². The van der Waals surface area contributed by atoms with Crippen LogP contribution in [0.3, 0.4) is 0 Å². The molecule has 0 heterocycles. The molecule has 0 bridgehead atoms. The summed E-state index contributed by atoms with van der Waals surface area (Å²) in [5.74, 6) is 0. The number of hydrogen-bond donors (Lipinski definition) is 1. The summed E-state index contributed by atoms with van der Waals surface area (Å²) in [5.41, 5.74) is 2.46. The molecule has 1 aromatic rings. The molecule has 0 saturated carbocycles. The summed E-state index contributed by atoms with van der Waals surface area (Å²) in [4.78, 5) is 0. The van der Waals surface area contributed by atoms with E-state index in [0.29, 0.717) is 0 Å². The van der Waals surface area contributed by atoms with Gasteiger partial charge >= 0.3 is 0 Å². The number of aliphatic hydroxyl groups excluding tert-OH is 1. The van der Waals surface area contributed by atoms with Crippen LogP contribution in [0.4, 0.5) is 0 Å². The first-order valence-electron chi connectivity index (χ1n) is 3.92. The largest absolute Gasteiger partial charge is 0.393 e. The molecule has 1 atom stereocenters. The topological polar surface area (TPSA) is 20.2 Å². The van der Waals surface area contributed by atoms with E-state index in [1.54, 1.807) is 0 Å². The lowest BCUT2D eigenvalue weighted by Gasteiger charge is -2.04. The molecular weight excluding hydrogens is 136 g/mol. The Labute approximate surface area is 67.7 Å². The van der Waals surface area contributed by atoms with Crippen LogP contribution < -0.4 is 0 Å². The molecule has 0 aliphatic heterocycles. The summed E-state index contributed by atoms with van der Waals surface area (Å²) in [5, 5.41) is 9.10. The van der Waals surface area contributed by atoms with Crippen molar-refractivity contribution in [2.45, 2.75) is 26.4 Å². The highest BCUT2D eigenvalue weighted by Crippen LogP contribution is 2.06. The maximum absolute atomic E-state index is 9.10. The Hall–Kier alpha value is -0.820. The van der Waals surface area contributed by atoms with E-state index in [0.717, 1.165) is 6.42 Å². The first kappa shape index (κ1) is 8.28. The molecule has 0 aromatic heterocycles. The smallest absolute Gasteiger partial charge is 0.0552 e. The van der Waals surface area contributed by atoms with Gasteiger partial charge in [-0.3, -0.25) is 0 Å². The molecule has 0 fully saturated rings. The van der Waals surface area contributed by atoms with Crippen LogP contribution in [0.25, 0.3) is 0 Å². The van der Waals surface area contributed by atoms with Crippen molar-refractivity contribution < 1.29 is 5.11 Å². The number of benzene rings is 1. The lowest BCUT2D eigenvalue weighted by molar-refractivity contribution is 0.195. The lowest BCUT2D eigenvalue weighted by Crippen LogP contribution is -2.03. The summed E-state index contributed by atoms with van der Waals surface area (Å²) in [6, 6.07) is 8.23. The van der Waals surface area contributed by atoms with Crippen molar-refractivity contribution >= 4 is 0 Å². The van der Waals surface area contributed by atoms with E-state index in [-0.39, 0.29) is 6.10 Å². The highest BCUT2D eigenvalue weighted by atomic mass is 16.3. The van der Waals surface area contributed by atoms with Crippen LogP contribution in [0.5, 0.6) is 0 Å². The van der Waals surface area contributed by atoms with Gasteiger partial charge in [-0.2, -0.15) is 0 Å². The zero-order valence-electron chi connectivity index (χ0n) is 7.04. The van der Waals surface area contributed by atoms with Crippen LogP contribution in [0.2, 0.25) is 0 Å². The van der Waals surface area contributed by atoms with Gasteiger partial charge in [-0.15, -0.1) is 0 Å². The third kappa shape index (κ3) is 2.72. The molecule has 1 heteroatoms. The van der Waals surface area contributed by atoms with Crippen molar-refractivity contribution in [1.29, 1.82) is 0 Å². The van der Waals surface area contributed by atoms with Crippen molar-refractivity contribution in [3.63, 3.8) is 0 Å². The van der Waals surface area contributed by atoms with E-state index in [9.17, 15) is 0 Å². The van der Waals surface area contributed by atoms with Gasteiger partial charge < -0.3 is 5.11 Å². The van der Waals surface area contributed by atoms with Crippen LogP contribution in [0, 0.1) is 6.92 Å². The van der Waals surface area contributed by atoms with Crippen LogP contribution in [0.15, 0.2) is 24.3 Å². The maximum Gasteiger partial charge on any atom is 0.0552 e. The molecule has 0 spiro atoms. The fraction of sp³-hybridized carbons (Fsp3) is 0.400. The number of aliphatic hydroxyl groups is 1. The summed E-state index contributed by atoms with van der Waals surface area (Å²) >= 11 is 0. The normalized spacial score (nSPS) is 13.0. The van der Waals surface area contributed by atoms with E-state index >= 15 is 0 Å². The molecule has 1 nitrogen and oxygen atoms in total. The summed E-state index contributed by atoms with van der Waals surface area (Å²) < 4.78 is 0. The van der Waals surface area contributed by atoms with Gasteiger partial charge in [0.25, 0.3) is 0 Å². The molecule has 1 aromatic carbocycles. The molecule has 0 radical (unpaired) electrons. The predicted octanol–water partition coefficient (Wildman–Crippen LogP) is 1.92. The molecule has 0 aliphatic rings. The monoisotopic (exact) mass is 150 g/mol. The van der Waals surface area contributed by atoms with E-state index < -0.39 is 0 Å². The van der Waals surface area contributed by atoms with Crippen molar-refractivity contribution in [2.75, 3.05) is 0 Å². The second kappa shape index (κ2) is 3.54. The van der Waals surface area contributed by atoms with Crippen LogP contribution in [-0.4, -0.2) is 11.2 Å². The minimum absolute atomic E-state index is 0.239. The fourth-order valence-electron chi connectivity index (χ4n) is 1.18. The van der Waals surface area contributed by atoms with Crippen LogP contribution in [-0.2, 0) is 6.42 Å². The van der Waals surface area contributed by atoms with Gasteiger partial charge in [0, 0.05) is 0 Å². The second-order valence-corrected chi connectivity index (χ2v) is 3.04. The average molecular weight is 150 g/mol. The maximum atomic E-state index is 9.10. The molecule has 0 amide bonds. The van der Waals surface area contributed by atoms with Gasteiger partial charge in [0.1, 0.15) is 0 Å². The van der Waals surface area contributed by atoms with Crippen molar-refractivity contribution in [2.24, 2.45) is 0 Å². The van der Waals surface area contributed by atoms with Crippen molar-refractivity contribution in [3.8, 4) is 0 Å². The van der Waals surface area contributed by atoms with Crippen molar-refractivity contribution in [3.05, 3.63) is 35.4 Å². The van der Waals surface area contributed by atoms with Crippen LogP contribution >= 0.6 is 0 Å². The Bertz CT molecular complexity index is 228. The average Bonchev–Trinajstić information content (AvgIpc) is 1.85. The standard InChI is InChI=1S/C10H14O/c1-8-4-3-5-10(6-8)7-9(2)11/h3-6,9,11H,7H2,1-2H3. The molecular formula is C10H14O. The van der Waals surface area contributed by atoms with E-state index in [2.05, 4.69) is 19.1 Å². The second-order valence-electron chi connectivity index (χ2n) is 3.04. The van der Waals surface area contributed by atoms with Gasteiger partial charge in [-0.25, -0.2) is 0 Å². The Morgan fingerprint density at radius 3 is 2.73 bits per heavy atom. The minimum Gasteiger partial charge on any atom is -0.393 e. The Balaban J connectivity index is 2.71. The highest BCUT2D eigenvalue weighted by molar-refractivity contribution is 5.22. The summed E-state index contributed by atoms with van der Waals surface area (Å²) in [6.45, 7) is 3.87. The van der Waals surface area contributed by atoms with Crippen molar-refractivity contribution in [1.82, 2.24) is 0 Å². The lowest BCUT2D eigenvalue weighted by atomic mass is 10.1. The van der Waals surface area contributed by atoms with Gasteiger partial charge in [-0.1, -0.05) is 29.8 Å². The van der Waals surface area contributed by atoms with Gasteiger partial charge in [0.05, 0.1) is 6.10 Å². The van der Waals surface area contributed by atoms with E-state index in [1.807, 2.05) is 19.1 Å². The SMILES string of the molecule is Cc1cccc(CC(C)O)c1. The minimum atomic E-state index is -0.239. The Morgan fingerprint density at radius 1 is 1.45 bits per heavy atom. The zero-order valence-corrected chi connectivity index (χ0v) is 7.04. The van der Waals surface area contributed by atoms with E-state index in [4.69, 9.17) is 5.11 Å². The quantitative estimate of drug-likeness (QED) is 0.683. The third-order valence-electron chi connectivity index (χ3n) is 1.61. The first-order chi connectivity index (χ1) is 5.18. The van der Waals surface area contributed by atoms with E-state index in [1.165, 1.54) is 11.1 Å². The fourth-order valence-corrected chi connectivity index (χ4v) is 1.18. The first-order valence-corrected chi connectivity index (χ1v) is 3.92. The zero-order chi connectivity index (χ0) is 8.27. The van der Waals surface area contributed by atoms with Gasteiger partial charge in [0.15, 0.2) is 0 Å². The van der Waals surface area contributed by atoms with Gasteiger partial charge in [-0.05, 0) is 25.8 Å². The molecule has 1 N–H and O–H groups in total. The van der Waals surface area contributed by atoms with Crippen LogP contribution in [0.1, 0.15) is 18.1 Å². The molecule has 1 unspecified atom stereocenters. The summed E-state index contributed by atoms with van der Waals surface area (Å²) in [6.07, 6.45) is 0.513. The molecule has 0 aliphatic carbocycles. The Kier molecular flexibility index (Phi) is 2.66.